The van der Waals surface area contributed by atoms with Gasteiger partial charge in [0, 0.05) is 18.9 Å². The summed E-state index contributed by atoms with van der Waals surface area (Å²) in [6.45, 7) is 4.25. The fraction of sp³-hybridized carbons (Fsp3) is 0.304. The molecule has 2 aromatic carbocycles. The van der Waals surface area contributed by atoms with Gasteiger partial charge in [0.1, 0.15) is 5.54 Å². The molecular weight excluding hydrogens is 384 g/mol. The van der Waals surface area contributed by atoms with E-state index in [1.54, 1.807) is 6.20 Å². The number of aryl methyl sites for hydroxylation is 1. The topological polar surface area (TPSA) is 59.0 Å². The standard InChI is InChI=1S/C23H26N4O.ClH/c1-18-4-2-5-21(16-18)20-8-6-19(7-9-20)17-25-22(28)23(10-13-24-14-11-23)27-15-3-12-26-27;/h2-9,12,15-16,24H,10-11,13-14,17H2,1H3,(H,25,28);1H. The van der Waals surface area contributed by atoms with Crippen molar-refractivity contribution in [3.8, 4) is 11.1 Å². The lowest BCUT2D eigenvalue weighted by Gasteiger charge is -2.36. The van der Waals surface area contributed by atoms with E-state index in [4.69, 9.17) is 0 Å². The van der Waals surface area contributed by atoms with E-state index < -0.39 is 5.54 Å². The molecule has 0 spiro atoms. The van der Waals surface area contributed by atoms with Gasteiger partial charge in [0.25, 0.3) is 0 Å². The van der Waals surface area contributed by atoms with Crippen molar-refractivity contribution in [2.24, 2.45) is 0 Å². The van der Waals surface area contributed by atoms with Gasteiger partial charge in [0.05, 0.1) is 0 Å². The molecule has 3 aromatic rings. The summed E-state index contributed by atoms with van der Waals surface area (Å²) in [6, 6.07) is 18.8. The van der Waals surface area contributed by atoms with Crippen LogP contribution in [0.1, 0.15) is 24.0 Å². The third kappa shape index (κ3) is 4.52. The second kappa shape index (κ2) is 9.25. The normalized spacial score (nSPS) is 15.3. The van der Waals surface area contributed by atoms with Crippen molar-refractivity contribution < 1.29 is 4.79 Å². The number of aromatic nitrogens is 2. The number of rotatable bonds is 5. The Labute approximate surface area is 177 Å². The molecule has 1 fully saturated rings. The second-order valence-electron chi connectivity index (χ2n) is 7.48. The van der Waals surface area contributed by atoms with Gasteiger partial charge in [-0.15, -0.1) is 12.4 Å². The predicted molar refractivity (Wildman–Crippen MR) is 118 cm³/mol. The molecule has 0 radical (unpaired) electrons. The van der Waals surface area contributed by atoms with Crippen molar-refractivity contribution in [1.29, 1.82) is 0 Å². The Kier molecular flexibility index (Phi) is 6.72. The van der Waals surface area contributed by atoms with Gasteiger partial charge in [0.2, 0.25) is 5.91 Å². The lowest BCUT2D eigenvalue weighted by molar-refractivity contribution is -0.132. The number of nitrogens with one attached hydrogen (secondary N) is 2. The van der Waals surface area contributed by atoms with Crippen LogP contribution in [-0.2, 0) is 16.9 Å². The highest BCUT2D eigenvalue weighted by Gasteiger charge is 2.41. The number of carbonyl (C=O) groups excluding carboxylic acids is 1. The quantitative estimate of drug-likeness (QED) is 0.674. The molecule has 1 aromatic heterocycles. The van der Waals surface area contributed by atoms with E-state index >= 15 is 0 Å². The van der Waals surface area contributed by atoms with Gasteiger partial charge in [-0.3, -0.25) is 9.48 Å². The summed E-state index contributed by atoms with van der Waals surface area (Å²) in [5, 5.41) is 10.8. The van der Waals surface area contributed by atoms with E-state index in [0.29, 0.717) is 6.54 Å². The van der Waals surface area contributed by atoms with Gasteiger partial charge in [-0.1, -0.05) is 54.1 Å². The van der Waals surface area contributed by atoms with Crippen LogP contribution in [0.5, 0.6) is 0 Å². The smallest absolute Gasteiger partial charge is 0.248 e. The number of benzene rings is 2. The minimum Gasteiger partial charge on any atom is -0.350 e. The first-order chi connectivity index (χ1) is 13.7. The van der Waals surface area contributed by atoms with E-state index in [0.717, 1.165) is 31.5 Å². The Morgan fingerprint density at radius 3 is 2.52 bits per heavy atom. The molecule has 29 heavy (non-hydrogen) atoms. The Morgan fingerprint density at radius 2 is 1.86 bits per heavy atom. The van der Waals surface area contributed by atoms with E-state index in [2.05, 4.69) is 71.2 Å². The summed E-state index contributed by atoms with van der Waals surface area (Å²) in [5.41, 5.74) is 4.14. The highest BCUT2D eigenvalue weighted by Crippen LogP contribution is 2.27. The summed E-state index contributed by atoms with van der Waals surface area (Å²) in [7, 11) is 0. The lowest BCUT2D eigenvalue weighted by Crippen LogP contribution is -2.54. The summed E-state index contributed by atoms with van der Waals surface area (Å²) >= 11 is 0. The molecule has 0 bridgehead atoms. The average molecular weight is 411 g/mol. The van der Waals surface area contributed by atoms with Crippen molar-refractivity contribution in [2.75, 3.05) is 13.1 Å². The fourth-order valence-electron chi connectivity index (χ4n) is 3.91. The number of hydrogen-bond acceptors (Lipinski definition) is 3. The van der Waals surface area contributed by atoms with E-state index in [1.165, 1.54) is 16.7 Å². The van der Waals surface area contributed by atoms with Gasteiger partial charge < -0.3 is 10.6 Å². The summed E-state index contributed by atoms with van der Waals surface area (Å²) < 4.78 is 1.82. The number of piperidine rings is 1. The van der Waals surface area contributed by atoms with Crippen molar-refractivity contribution in [1.82, 2.24) is 20.4 Å². The third-order valence-corrected chi connectivity index (χ3v) is 5.55. The monoisotopic (exact) mass is 410 g/mol. The molecule has 0 unspecified atom stereocenters. The Bertz CT molecular complexity index is 932. The van der Waals surface area contributed by atoms with Gasteiger partial charge >= 0.3 is 0 Å². The Hall–Kier alpha value is -2.63. The van der Waals surface area contributed by atoms with E-state index in [-0.39, 0.29) is 18.3 Å². The number of nitrogens with zero attached hydrogens (tertiary/aromatic N) is 2. The Balaban J connectivity index is 0.00000240. The highest BCUT2D eigenvalue weighted by molar-refractivity contribution is 5.85. The molecule has 6 heteroatoms. The molecule has 1 aliphatic heterocycles. The van der Waals surface area contributed by atoms with Crippen LogP contribution in [0.25, 0.3) is 11.1 Å². The maximum atomic E-state index is 13.1. The summed E-state index contributed by atoms with van der Waals surface area (Å²) in [4.78, 5) is 13.1. The first kappa shape index (κ1) is 21.1. The number of halogens is 1. The predicted octanol–water partition coefficient (Wildman–Crippen LogP) is 3.68. The molecule has 5 nitrogen and oxygen atoms in total. The zero-order valence-electron chi connectivity index (χ0n) is 16.6. The van der Waals surface area contributed by atoms with Crippen molar-refractivity contribution in [3.05, 3.63) is 78.1 Å². The zero-order valence-corrected chi connectivity index (χ0v) is 17.4. The molecule has 1 aliphatic rings. The highest BCUT2D eigenvalue weighted by atomic mass is 35.5. The van der Waals surface area contributed by atoms with Gasteiger partial charge in [-0.05, 0) is 55.6 Å². The molecule has 1 saturated heterocycles. The average Bonchev–Trinajstić information content (AvgIpc) is 3.28. The molecule has 1 amide bonds. The van der Waals surface area contributed by atoms with Crippen LogP contribution < -0.4 is 10.6 Å². The first-order valence-corrected chi connectivity index (χ1v) is 9.82. The maximum Gasteiger partial charge on any atom is 0.248 e. The summed E-state index contributed by atoms with van der Waals surface area (Å²) in [6.07, 6.45) is 5.11. The van der Waals surface area contributed by atoms with E-state index in [9.17, 15) is 4.79 Å². The van der Waals surface area contributed by atoms with Gasteiger partial charge in [-0.25, -0.2) is 0 Å². The molecule has 2 N–H and O–H groups in total. The van der Waals surface area contributed by atoms with Crippen LogP contribution in [0, 0.1) is 6.92 Å². The van der Waals surface area contributed by atoms with Crippen molar-refractivity contribution >= 4 is 18.3 Å². The van der Waals surface area contributed by atoms with Crippen LogP contribution in [0.2, 0.25) is 0 Å². The van der Waals surface area contributed by atoms with Crippen LogP contribution >= 0.6 is 12.4 Å². The summed E-state index contributed by atoms with van der Waals surface area (Å²) in [5.74, 6) is 0.0421. The number of carbonyl (C=O) groups is 1. The largest absolute Gasteiger partial charge is 0.350 e. The first-order valence-electron chi connectivity index (χ1n) is 9.82. The van der Waals surface area contributed by atoms with Crippen LogP contribution in [0.15, 0.2) is 67.0 Å². The second-order valence-corrected chi connectivity index (χ2v) is 7.48. The minimum atomic E-state index is -0.601. The van der Waals surface area contributed by atoms with E-state index in [1.807, 2.05) is 16.9 Å². The van der Waals surface area contributed by atoms with Crippen molar-refractivity contribution in [3.63, 3.8) is 0 Å². The van der Waals surface area contributed by atoms with Gasteiger partial charge in [0.15, 0.2) is 0 Å². The molecule has 0 saturated carbocycles. The zero-order chi connectivity index (χ0) is 19.4. The molecule has 0 aliphatic carbocycles. The fourth-order valence-corrected chi connectivity index (χ4v) is 3.91. The van der Waals surface area contributed by atoms with Crippen LogP contribution in [0.4, 0.5) is 0 Å². The van der Waals surface area contributed by atoms with Gasteiger partial charge in [-0.2, -0.15) is 5.10 Å². The molecule has 4 rings (SSSR count). The van der Waals surface area contributed by atoms with Crippen LogP contribution in [0.3, 0.4) is 0 Å². The molecule has 0 atom stereocenters. The molecular formula is C23H27ClN4O. The number of amides is 1. The molecule has 2 heterocycles. The minimum absolute atomic E-state index is 0. The van der Waals surface area contributed by atoms with Crippen molar-refractivity contribution in [2.45, 2.75) is 31.8 Å². The molecule has 152 valence electrons. The van der Waals surface area contributed by atoms with Crippen LogP contribution in [-0.4, -0.2) is 28.8 Å². The SMILES string of the molecule is Cc1cccc(-c2ccc(CNC(=O)C3(n4cccn4)CCNCC3)cc2)c1.Cl. The maximum absolute atomic E-state index is 13.1. The third-order valence-electron chi connectivity index (χ3n) is 5.55. The number of hydrogen-bond donors (Lipinski definition) is 2. The Morgan fingerprint density at radius 1 is 1.10 bits per heavy atom. The lowest BCUT2D eigenvalue weighted by atomic mass is 9.87.